The highest BCUT2D eigenvalue weighted by Crippen LogP contribution is 2.56. The second kappa shape index (κ2) is 7.55. The van der Waals surface area contributed by atoms with Gasteiger partial charge in [-0.1, -0.05) is 31.4 Å². The molecular formula is C24H31NO2S. The van der Waals surface area contributed by atoms with Crippen molar-refractivity contribution in [2.24, 2.45) is 5.92 Å². The van der Waals surface area contributed by atoms with Crippen LogP contribution in [0.3, 0.4) is 0 Å². The summed E-state index contributed by atoms with van der Waals surface area (Å²) in [5, 5.41) is 11.5. The number of fused-ring (bicyclic) bond motifs is 3. The van der Waals surface area contributed by atoms with Gasteiger partial charge in [-0.15, -0.1) is 11.3 Å². The number of hydrogen-bond donors (Lipinski definition) is 1. The molecule has 0 radical (unpaired) electrons. The van der Waals surface area contributed by atoms with Gasteiger partial charge in [0.1, 0.15) is 17.1 Å². The third kappa shape index (κ3) is 3.36. The van der Waals surface area contributed by atoms with Crippen molar-refractivity contribution in [2.75, 3.05) is 0 Å². The average molecular weight is 398 g/mol. The van der Waals surface area contributed by atoms with Gasteiger partial charge in [-0.3, -0.25) is 4.98 Å². The molecule has 2 aliphatic rings. The van der Waals surface area contributed by atoms with Crippen LogP contribution >= 0.6 is 11.3 Å². The molecule has 0 amide bonds. The van der Waals surface area contributed by atoms with Gasteiger partial charge in [0, 0.05) is 29.2 Å². The fourth-order valence-corrected chi connectivity index (χ4v) is 5.69. The number of aryl methyl sites for hydroxylation is 1. The summed E-state index contributed by atoms with van der Waals surface area (Å²) in [7, 11) is 0. The minimum atomic E-state index is -0.228. The molecule has 3 nitrogen and oxygen atoms in total. The van der Waals surface area contributed by atoms with Crippen molar-refractivity contribution in [1.82, 2.24) is 4.98 Å². The molecule has 0 saturated heterocycles. The van der Waals surface area contributed by atoms with E-state index in [0.29, 0.717) is 11.7 Å². The maximum Gasteiger partial charge on any atom is 0.132 e. The Labute approximate surface area is 172 Å². The van der Waals surface area contributed by atoms with Gasteiger partial charge >= 0.3 is 0 Å². The van der Waals surface area contributed by atoms with E-state index in [-0.39, 0.29) is 11.5 Å². The Morgan fingerprint density at radius 1 is 1.32 bits per heavy atom. The van der Waals surface area contributed by atoms with Crippen LogP contribution in [0, 0.1) is 5.92 Å². The Balaban J connectivity index is 1.89. The van der Waals surface area contributed by atoms with Gasteiger partial charge < -0.3 is 9.84 Å². The molecule has 28 heavy (non-hydrogen) atoms. The molecule has 2 atom stereocenters. The van der Waals surface area contributed by atoms with E-state index in [0.717, 1.165) is 47.4 Å². The van der Waals surface area contributed by atoms with Crippen molar-refractivity contribution in [1.29, 1.82) is 0 Å². The summed E-state index contributed by atoms with van der Waals surface area (Å²) >= 11 is 1.60. The van der Waals surface area contributed by atoms with Crippen LogP contribution in [0.1, 0.15) is 76.8 Å². The highest BCUT2D eigenvalue weighted by atomic mass is 32.1. The van der Waals surface area contributed by atoms with E-state index in [2.05, 4.69) is 44.8 Å². The molecule has 1 aliphatic carbocycles. The summed E-state index contributed by atoms with van der Waals surface area (Å²) in [5.41, 5.74) is 6.16. The summed E-state index contributed by atoms with van der Waals surface area (Å²) in [6.07, 6.45) is 10.9. The number of phenolic OH excluding ortho intramolecular Hbond substituents is 1. The van der Waals surface area contributed by atoms with Gasteiger partial charge in [-0.05, 0) is 58.1 Å². The monoisotopic (exact) mass is 397 g/mol. The lowest BCUT2D eigenvalue weighted by molar-refractivity contribution is 0.0108. The van der Waals surface area contributed by atoms with Gasteiger partial charge in [0.2, 0.25) is 0 Å². The van der Waals surface area contributed by atoms with E-state index in [9.17, 15) is 5.11 Å². The normalized spacial score (nSPS) is 22.8. The number of rotatable bonds is 5. The summed E-state index contributed by atoms with van der Waals surface area (Å²) in [5.74, 6) is 1.87. The Hall–Kier alpha value is -1.81. The lowest BCUT2D eigenvalue weighted by Gasteiger charge is -2.46. The van der Waals surface area contributed by atoms with Gasteiger partial charge in [0.25, 0.3) is 0 Å². The predicted molar refractivity (Wildman–Crippen MR) is 116 cm³/mol. The number of benzene rings is 1. The Bertz CT molecular complexity index is 883. The summed E-state index contributed by atoms with van der Waals surface area (Å²) in [6.45, 7) is 8.83. The second-order valence-electron chi connectivity index (χ2n) is 8.88. The third-order valence-corrected chi connectivity index (χ3v) is 7.25. The van der Waals surface area contributed by atoms with Gasteiger partial charge in [0.15, 0.2) is 0 Å². The van der Waals surface area contributed by atoms with Crippen molar-refractivity contribution >= 4 is 11.3 Å². The van der Waals surface area contributed by atoms with Crippen LogP contribution in [-0.4, -0.2) is 15.7 Å². The van der Waals surface area contributed by atoms with Crippen LogP contribution in [0.2, 0.25) is 0 Å². The van der Waals surface area contributed by atoms with Crippen LogP contribution in [-0.2, 0) is 6.42 Å². The number of ether oxygens (including phenoxy) is 1. The van der Waals surface area contributed by atoms with Crippen molar-refractivity contribution in [3.63, 3.8) is 0 Å². The molecule has 0 spiro atoms. The first-order valence-electron chi connectivity index (χ1n) is 10.6. The summed E-state index contributed by atoms with van der Waals surface area (Å²) < 4.78 is 6.52. The number of hydrogen-bond acceptors (Lipinski definition) is 4. The van der Waals surface area contributed by atoms with Crippen molar-refractivity contribution in [2.45, 2.75) is 77.7 Å². The maximum atomic E-state index is 11.5. The van der Waals surface area contributed by atoms with E-state index < -0.39 is 0 Å². The zero-order chi connectivity index (χ0) is 19.9. The Morgan fingerprint density at radius 2 is 2.14 bits per heavy atom. The van der Waals surface area contributed by atoms with Crippen LogP contribution in [0.4, 0.5) is 0 Å². The molecule has 2 unspecified atom stereocenters. The van der Waals surface area contributed by atoms with Gasteiger partial charge in [0.05, 0.1) is 10.4 Å². The fraction of sp³-hybridized carbons (Fsp3) is 0.542. The van der Waals surface area contributed by atoms with E-state index in [1.165, 1.54) is 24.0 Å². The van der Waals surface area contributed by atoms with E-state index in [4.69, 9.17) is 4.74 Å². The first-order chi connectivity index (χ1) is 13.4. The van der Waals surface area contributed by atoms with Crippen molar-refractivity contribution < 1.29 is 9.84 Å². The molecule has 0 saturated carbocycles. The van der Waals surface area contributed by atoms with Gasteiger partial charge in [-0.25, -0.2) is 0 Å². The predicted octanol–water partition coefficient (Wildman–Crippen LogP) is 6.86. The topological polar surface area (TPSA) is 42.4 Å². The maximum absolute atomic E-state index is 11.5. The second-order valence-corrected chi connectivity index (χ2v) is 9.77. The quantitative estimate of drug-likeness (QED) is 0.443. The number of allylic oxidation sites excluding steroid dienone is 2. The standard InChI is InChI=1S/C24H31NO2S/c1-5-6-7-8-16-12-19-22(23(26)21(16)20-13-25-14-28-20)17-11-15(2)9-10-18(17)24(3,4)27-19/h11-14,17-18,26H,5-10H2,1-4H3. The van der Waals surface area contributed by atoms with Gasteiger partial charge in [-0.2, -0.15) is 0 Å². The molecule has 0 fully saturated rings. The number of thiazole rings is 1. The first kappa shape index (κ1) is 19.5. The van der Waals surface area contributed by atoms with Crippen LogP contribution in [0.5, 0.6) is 11.5 Å². The summed E-state index contributed by atoms with van der Waals surface area (Å²) in [6, 6.07) is 2.20. The molecule has 0 bridgehead atoms. The largest absolute Gasteiger partial charge is 0.507 e. The minimum Gasteiger partial charge on any atom is -0.507 e. The molecule has 4 heteroatoms. The van der Waals surface area contributed by atoms with E-state index in [1.807, 2.05) is 11.7 Å². The number of unbranched alkanes of at least 4 members (excludes halogenated alkanes) is 2. The highest BCUT2D eigenvalue weighted by molar-refractivity contribution is 7.13. The zero-order valence-corrected chi connectivity index (χ0v) is 18.2. The average Bonchev–Trinajstić information content (AvgIpc) is 3.15. The number of aromatic hydroxyl groups is 1. The Kier molecular flexibility index (Phi) is 5.26. The SMILES string of the molecule is CCCCCc1cc2c(c(O)c1-c1cncs1)C1C=C(C)CCC1C(C)(C)O2. The highest BCUT2D eigenvalue weighted by Gasteiger charge is 2.45. The molecular weight excluding hydrogens is 366 g/mol. The van der Waals surface area contributed by atoms with Crippen molar-refractivity contribution in [3.8, 4) is 21.9 Å². The van der Waals surface area contributed by atoms with E-state index in [1.54, 1.807) is 11.3 Å². The first-order valence-corrected chi connectivity index (χ1v) is 11.4. The fourth-order valence-electron chi connectivity index (χ4n) is 4.99. The smallest absolute Gasteiger partial charge is 0.132 e. The van der Waals surface area contributed by atoms with Crippen LogP contribution in [0.15, 0.2) is 29.4 Å². The lowest BCUT2D eigenvalue weighted by atomic mass is 9.67. The van der Waals surface area contributed by atoms with Crippen LogP contribution in [0.25, 0.3) is 10.4 Å². The molecule has 1 aliphatic heterocycles. The minimum absolute atomic E-state index is 0.212. The Morgan fingerprint density at radius 3 is 2.86 bits per heavy atom. The zero-order valence-electron chi connectivity index (χ0n) is 17.4. The number of aromatic nitrogens is 1. The molecule has 1 N–H and O–H groups in total. The number of nitrogens with zero attached hydrogens (tertiary/aromatic N) is 1. The summed E-state index contributed by atoms with van der Waals surface area (Å²) in [4.78, 5) is 5.32. The molecule has 150 valence electrons. The molecule has 2 heterocycles. The lowest BCUT2D eigenvalue weighted by Crippen LogP contribution is -2.45. The molecule has 1 aromatic heterocycles. The number of phenols is 1. The molecule has 1 aromatic carbocycles. The van der Waals surface area contributed by atoms with Crippen LogP contribution < -0.4 is 4.74 Å². The third-order valence-electron chi connectivity index (χ3n) is 6.46. The van der Waals surface area contributed by atoms with E-state index >= 15 is 0 Å². The molecule has 2 aromatic rings. The van der Waals surface area contributed by atoms with Crippen molar-refractivity contribution in [3.05, 3.63) is 40.5 Å². The molecule has 4 rings (SSSR count).